The zero-order chi connectivity index (χ0) is 22.6. The number of hydrogen-bond acceptors (Lipinski definition) is 3. The molecule has 0 aliphatic carbocycles. The van der Waals surface area contributed by atoms with Gasteiger partial charge in [-0.2, -0.15) is 0 Å². The lowest BCUT2D eigenvalue weighted by atomic mass is 10.0. The van der Waals surface area contributed by atoms with Crippen LogP contribution in [0, 0.1) is 23.3 Å². The Kier molecular flexibility index (Phi) is 7.07. The van der Waals surface area contributed by atoms with Crippen molar-refractivity contribution in [2.24, 2.45) is 0 Å². The number of ether oxygens (including phenoxy) is 1. The van der Waals surface area contributed by atoms with Gasteiger partial charge in [-0.25, -0.2) is 22.4 Å². The third-order valence-corrected chi connectivity index (χ3v) is 3.83. The van der Waals surface area contributed by atoms with Crippen molar-refractivity contribution in [3.8, 4) is 0 Å². The molecule has 2 amide bonds. The maximum absolute atomic E-state index is 14.4. The molecule has 0 saturated carbocycles. The number of carbonyl (C=O) groups is 2. The number of nitrogens with one attached hydrogen (secondary N) is 2. The zero-order valence-electron chi connectivity index (χ0n) is 16.9. The largest absolute Gasteiger partial charge is 0.444 e. The van der Waals surface area contributed by atoms with Gasteiger partial charge in [0, 0.05) is 12.1 Å². The van der Waals surface area contributed by atoms with Crippen molar-refractivity contribution in [2.45, 2.75) is 45.8 Å². The fourth-order valence-corrected chi connectivity index (χ4v) is 2.62. The SMILES string of the molecule is C[C@H](NC(=O)OC(C)(C)C)C(=O)Nc1c(F)cc(F)cc1Cc1cc(F)cc(F)c1. The molecule has 1 atom stereocenters. The summed E-state index contributed by atoms with van der Waals surface area (Å²) in [6.07, 6.45) is -1.09. The summed E-state index contributed by atoms with van der Waals surface area (Å²) in [7, 11) is 0. The molecule has 0 bridgehead atoms. The summed E-state index contributed by atoms with van der Waals surface area (Å²) in [6, 6.07) is 3.12. The van der Waals surface area contributed by atoms with Gasteiger partial charge < -0.3 is 15.4 Å². The summed E-state index contributed by atoms with van der Waals surface area (Å²) >= 11 is 0. The second-order valence-electron chi connectivity index (χ2n) is 7.73. The van der Waals surface area contributed by atoms with Crippen LogP contribution < -0.4 is 10.6 Å². The number of halogens is 4. The highest BCUT2D eigenvalue weighted by molar-refractivity contribution is 5.97. The zero-order valence-corrected chi connectivity index (χ0v) is 16.9. The highest BCUT2D eigenvalue weighted by Gasteiger charge is 2.23. The number of amides is 2. The quantitative estimate of drug-likeness (QED) is 0.682. The third-order valence-electron chi connectivity index (χ3n) is 3.83. The number of carbonyl (C=O) groups excluding carboxylic acids is 2. The normalized spacial score (nSPS) is 12.3. The van der Waals surface area contributed by atoms with Crippen LogP contribution in [0.4, 0.5) is 28.0 Å². The van der Waals surface area contributed by atoms with E-state index in [1.807, 2.05) is 0 Å². The Morgan fingerprint density at radius 2 is 1.53 bits per heavy atom. The molecule has 0 heterocycles. The Morgan fingerprint density at radius 1 is 0.967 bits per heavy atom. The van der Waals surface area contributed by atoms with Crippen LogP contribution in [-0.2, 0) is 16.0 Å². The highest BCUT2D eigenvalue weighted by Crippen LogP contribution is 2.25. The predicted molar refractivity (Wildman–Crippen MR) is 103 cm³/mol. The van der Waals surface area contributed by atoms with Crippen LogP contribution in [0.15, 0.2) is 30.3 Å². The Hall–Kier alpha value is -3.10. The average Bonchev–Trinajstić information content (AvgIpc) is 2.54. The number of anilines is 1. The second kappa shape index (κ2) is 9.15. The van der Waals surface area contributed by atoms with Gasteiger partial charge >= 0.3 is 6.09 Å². The van der Waals surface area contributed by atoms with Crippen molar-refractivity contribution in [1.82, 2.24) is 5.32 Å². The average molecular weight is 426 g/mol. The van der Waals surface area contributed by atoms with E-state index in [0.29, 0.717) is 12.1 Å². The Labute approximate surface area is 171 Å². The minimum atomic E-state index is -1.11. The molecule has 0 radical (unpaired) electrons. The van der Waals surface area contributed by atoms with E-state index in [2.05, 4.69) is 10.6 Å². The predicted octanol–water partition coefficient (Wildman–Crippen LogP) is 4.69. The van der Waals surface area contributed by atoms with E-state index in [-0.39, 0.29) is 23.2 Å². The molecule has 0 saturated heterocycles. The molecule has 2 aromatic carbocycles. The summed E-state index contributed by atoms with van der Waals surface area (Å²) < 4.78 is 60.0. The number of benzene rings is 2. The Morgan fingerprint density at radius 3 is 2.10 bits per heavy atom. The van der Waals surface area contributed by atoms with Crippen LogP contribution in [0.3, 0.4) is 0 Å². The van der Waals surface area contributed by atoms with Gasteiger partial charge in [0.05, 0.1) is 5.69 Å². The summed E-state index contributed by atoms with van der Waals surface area (Å²) in [6.45, 7) is 6.29. The van der Waals surface area contributed by atoms with E-state index in [0.717, 1.165) is 18.2 Å². The monoisotopic (exact) mass is 426 g/mol. The van der Waals surface area contributed by atoms with Crippen LogP contribution in [0.2, 0.25) is 0 Å². The van der Waals surface area contributed by atoms with E-state index >= 15 is 0 Å². The summed E-state index contributed by atoms with van der Waals surface area (Å²) in [4.78, 5) is 24.2. The molecule has 9 heteroatoms. The van der Waals surface area contributed by atoms with E-state index in [4.69, 9.17) is 4.74 Å². The van der Waals surface area contributed by atoms with Gasteiger partial charge in [-0.1, -0.05) is 0 Å². The first kappa shape index (κ1) is 23.2. The van der Waals surface area contributed by atoms with Crippen LogP contribution >= 0.6 is 0 Å². The van der Waals surface area contributed by atoms with Crippen molar-refractivity contribution in [1.29, 1.82) is 0 Å². The molecule has 2 aromatic rings. The summed E-state index contributed by atoms with van der Waals surface area (Å²) in [5.74, 6) is -4.47. The van der Waals surface area contributed by atoms with Crippen molar-refractivity contribution < 1.29 is 31.9 Å². The molecular weight excluding hydrogens is 404 g/mol. The topological polar surface area (TPSA) is 67.4 Å². The molecule has 5 nitrogen and oxygen atoms in total. The molecule has 2 N–H and O–H groups in total. The van der Waals surface area contributed by atoms with E-state index in [1.165, 1.54) is 6.92 Å². The van der Waals surface area contributed by atoms with Gasteiger partial charge in [0.25, 0.3) is 0 Å². The standard InChI is InChI=1S/C21H22F4N2O3/c1-11(26-20(29)30-21(2,3)4)19(28)27-18-13(8-16(24)10-17(18)25)5-12-6-14(22)9-15(23)7-12/h6-11H,5H2,1-4H3,(H,26,29)(H,27,28)/t11-/m0/s1. The van der Waals surface area contributed by atoms with E-state index < -0.39 is 46.9 Å². The lowest BCUT2D eigenvalue weighted by Crippen LogP contribution is -2.44. The maximum Gasteiger partial charge on any atom is 0.408 e. The van der Waals surface area contributed by atoms with Gasteiger partial charge in [-0.05, 0) is 63.4 Å². The minimum absolute atomic E-state index is 0.0321. The third kappa shape index (κ3) is 6.75. The highest BCUT2D eigenvalue weighted by atomic mass is 19.1. The van der Waals surface area contributed by atoms with Gasteiger partial charge in [0.2, 0.25) is 5.91 Å². The number of alkyl carbamates (subject to hydrolysis) is 1. The number of hydrogen-bond donors (Lipinski definition) is 2. The fourth-order valence-electron chi connectivity index (χ4n) is 2.62. The Balaban J connectivity index is 2.22. The van der Waals surface area contributed by atoms with Crippen LogP contribution in [0.5, 0.6) is 0 Å². The first-order valence-corrected chi connectivity index (χ1v) is 9.07. The van der Waals surface area contributed by atoms with Crippen LogP contribution in [0.1, 0.15) is 38.8 Å². The van der Waals surface area contributed by atoms with Gasteiger partial charge in [0.1, 0.15) is 34.9 Å². The fraction of sp³-hybridized carbons (Fsp3) is 0.333. The molecule has 0 spiro atoms. The molecule has 0 aromatic heterocycles. The molecule has 30 heavy (non-hydrogen) atoms. The van der Waals surface area contributed by atoms with Crippen molar-refractivity contribution in [2.75, 3.05) is 5.32 Å². The van der Waals surface area contributed by atoms with Crippen LogP contribution in [0.25, 0.3) is 0 Å². The Bertz CT molecular complexity index is 938. The molecule has 0 aliphatic heterocycles. The summed E-state index contributed by atoms with van der Waals surface area (Å²) in [5, 5.41) is 4.59. The van der Waals surface area contributed by atoms with E-state index in [1.54, 1.807) is 20.8 Å². The molecule has 0 fully saturated rings. The smallest absolute Gasteiger partial charge is 0.408 e. The summed E-state index contributed by atoms with van der Waals surface area (Å²) in [5.41, 5.74) is -1.05. The first-order valence-electron chi connectivity index (χ1n) is 9.07. The van der Waals surface area contributed by atoms with Crippen molar-refractivity contribution >= 4 is 17.7 Å². The molecular formula is C21H22F4N2O3. The van der Waals surface area contributed by atoms with Gasteiger partial charge in [0.15, 0.2) is 0 Å². The van der Waals surface area contributed by atoms with Gasteiger partial charge in [-0.15, -0.1) is 0 Å². The van der Waals surface area contributed by atoms with Gasteiger partial charge in [-0.3, -0.25) is 4.79 Å². The molecule has 2 rings (SSSR count). The minimum Gasteiger partial charge on any atom is -0.444 e. The van der Waals surface area contributed by atoms with Crippen molar-refractivity contribution in [3.05, 3.63) is 64.7 Å². The van der Waals surface area contributed by atoms with E-state index in [9.17, 15) is 27.2 Å². The first-order chi connectivity index (χ1) is 13.8. The molecule has 0 aliphatic rings. The maximum atomic E-state index is 14.4. The van der Waals surface area contributed by atoms with Crippen molar-refractivity contribution in [3.63, 3.8) is 0 Å². The van der Waals surface area contributed by atoms with Crippen LogP contribution in [-0.4, -0.2) is 23.6 Å². The lowest BCUT2D eigenvalue weighted by molar-refractivity contribution is -0.117. The second-order valence-corrected chi connectivity index (χ2v) is 7.73. The lowest BCUT2D eigenvalue weighted by Gasteiger charge is -2.22. The molecule has 162 valence electrons. The molecule has 0 unspecified atom stereocenters. The number of rotatable bonds is 5.